The van der Waals surface area contributed by atoms with E-state index in [1.807, 2.05) is 13.0 Å². The molecule has 0 radical (unpaired) electrons. The second-order valence-electron chi connectivity index (χ2n) is 3.51. The lowest BCUT2D eigenvalue weighted by Gasteiger charge is -1.87. The zero-order valence-electron chi connectivity index (χ0n) is 9.34. The quantitative estimate of drug-likeness (QED) is 0.602. The van der Waals surface area contributed by atoms with Crippen LogP contribution in [0.3, 0.4) is 0 Å². The number of aromatic nitrogens is 1. The smallest absolute Gasteiger partial charge is 0.338 e. The van der Waals surface area contributed by atoms with Gasteiger partial charge in [-0.3, -0.25) is 10.1 Å². The number of aryl methyl sites for hydroxylation is 2. The van der Waals surface area contributed by atoms with Crippen molar-refractivity contribution in [2.45, 2.75) is 13.8 Å². The summed E-state index contributed by atoms with van der Waals surface area (Å²) in [6.45, 7) is 3.32. The van der Waals surface area contributed by atoms with E-state index >= 15 is 0 Å². The normalized spacial score (nSPS) is 11.2. The minimum Gasteiger partial charge on any atom is -0.462 e. The van der Waals surface area contributed by atoms with Crippen LogP contribution in [-0.2, 0) is 0 Å². The minimum absolute atomic E-state index is 0.121. The van der Waals surface area contributed by atoms with Gasteiger partial charge in [-0.15, -0.1) is 0 Å². The van der Waals surface area contributed by atoms with Gasteiger partial charge < -0.3 is 8.94 Å². The zero-order valence-corrected chi connectivity index (χ0v) is 9.34. The summed E-state index contributed by atoms with van der Waals surface area (Å²) in [7, 11) is 0. The molecule has 0 aliphatic heterocycles. The van der Waals surface area contributed by atoms with Gasteiger partial charge in [0.15, 0.2) is 5.69 Å². The molecule has 2 rings (SSSR count). The number of hydrogen-bond donors (Lipinski definition) is 0. The fourth-order valence-electron chi connectivity index (χ4n) is 1.42. The summed E-state index contributed by atoms with van der Waals surface area (Å²) in [6, 6.07) is 3.58. The van der Waals surface area contributed by atoms with Crippen molar-refractivity contribution < 1.29 is 13.9 Å². The van der Waals surface area contributed by atoms with Gasteiger partial charge in [0.2, 0.25) is 5.76 Å². The first-order valence-corrected chi connectivity index (χ1v) is 4.93. The molecule has 0 aliphatic carbocycles. The molecule has 0 spiro atoms. The summed E-state index contributed by atoms with van der Waals surface area (Å²) in [5, 5.41) is 14.4. The molecule has 88 valence electrons. The van der Waals surface area contributed by atoms with Gasteiger partial charge in [-0.05, 0) is 31.2 Å². The largest absolute Gasteiger partial charge is 0.462 e. The van der Waals surface area contributed by atoms with Gasteiger partial charge in [-0.1, -0.05) is 5.16 Å². The Morgan fingerprint density at radius 2 is 2.12 bits per heavy atom. The lowest BCUT2D eigenvalue weighted by Crippen LogP contribution is -1.90. The van der Waals surface area contributed by atoms with Gasteiger partial charge in [0, 0.05) is 6.92 Å². The Bertz CT molecular complexity index is 580. The molecule has 0 saturated heterocycles. The zero-order chi connectivity index (χ0) is 12.4. The molecule has 0 saturated carbocycles. The molecule has 6 nitrogen and oxygen atoms in total. The Labute approximate surface area is 96.7 Å². The van der Waals surface area contributed by atoms with Gasteiger partial charge in [0.05, 0.1) is 4.92 Å². The highest BCUT2D eigenvalue weighted by atomic mass is 16.6. The van der Waals surface area contributed by atoms with Crippen LogP contribution in [0.4, 0.5) is 5.69 Å². The van der Waals surface area contributed by atoms with Crippen molar-refractivity contribution in [1.29, 1.82) is 0 Å². The predicted octanol–water partition coefficient (Wildman–Crippen LogP) is 2.96. The van der Waals surface area contributed by atoms with Crippen molar-refractivity contribution in [3.63, 3.8) is 0 Å². The van der Waals surface area contributed by atoms with E-state index < -0.39 is 4.92 Å². The van der Waals surface area contributed by atoms with Crippen LogP contribution in [0.15, 0.2) is 21.1 Å². The lowest BCUT2D eigenvalue weighted by atomic mass is 10.3. The van der Waals surface area contributed by atoms with E-state index in [0.29, 0.717) is 5.76 Å². The predicted molar refractivity (Wildman–Crippen MR) is 60.3 cm³/mol. The van der Waals surface area contributed by atoms with Crippen LogP contribution in [0.5, 0.6) is 0 Å². The molecule has 17 heavy (non-hydrogen) atoms. The second kappa shape index (κ2) is 4.25. The van der Waals surface area contributed by atoms with Gasteiger partial charge in [-0.2, -0.15) is 0 Å². The van der Waals surface area contributed by atoms with Crippen LogP contribution < -0.4 is 0 Å². The summed E-state index contributed by atoms with van der Waals surface area (Å²) in [4.78, 5) is 10.3. The second-order valence-corrected chi connectivity index (χ2v) is 3.51. The Hall–Kier alpha value is -2.37. The number of rotatable bonds is 3. The van der Waals surface area contributed by atoms with Crippen molar-refractivity contribution in [3.05, 3.63) is 45.2 Å². The summed E-state index contributed by atoms with van der Waals surface area (Å²) >= 11 is 0. The molecule has 0 aliphatic rings. The molecule has 0 unspecified atom stereocenters. The van der Waals surface area contributed by atoms with Crippen molar-refractivity contribution in [2.75, 3.05) is 0 Å². The maximum atomic E-state index is 10.8. The third-order valence-corrected chi connectivity index (χ3v) is 2.21. The third-order valence-electron chi connectivity index (χ3n) is 2.21. The standard InChI is InChI=1S/C11H10N2O4/c1-7-3-4-9(16-7)5-6-10-11(13(14)15)8(2)17-12-10/h3-6H,1-2H3/b6-5+. The first-order chi connectivity index (χ1) is 8.08. The molecule has 0 atom stereocenters. The van der Waals surface area contributed by atoms with E-state index in [1.54, 1.807) is 12.1 Å². The van der Waals surface area contributed by atoms with Crippen LogP contribution in [0, 0.1) is 24.0 Å². The Morgan fingerprint density at radius 3 is 2.71 bits per heavy atom. The first kappa shape index (κ1) is 11.1. The fourth-order valence-corrected chi connectivity index (χ4v) is 1.42. The van der Waals surface area contributed by atoms with Crippen molar-refractivity contribution >= 4 is 17.8 Å². The summed E-state index contributed by atoms with van der Waals surface area (Å²) < 4.78 is 10.1. The third kappa shape index (κ3) is 2.25. The van der Waals surface area contributed by atoms with E-state index in [1.165, 1.54) is 13.0 Å². The average Bonchev–Trinajstić information content (AvgIpc) is 2.82. The Kier molecular flexibility index (Phi) is 2.78. The summed E-state index contributed by atoms with van der Waals surface area (Å²) in [5.74, 6) is 1.57. The molecule has 0 bridgehead atoms. The van der Waals surface area contributed by atoms with Crippen LogP contribution in [0.2, 0.25) is 0 Å². The average molecular weight is 234 g/mol. The first-order valence-electron chi connectivity index (χ1n) is 4.93. The monoisotopic (exact) mass is 234 g/mol. The molecule has 2 aromatic rings. The van der Waals surface area contributed by atoms with Gasteiger partial charge in [0.25, 0.3) is 0 Å². The number of nitrogens with zero attached hydrogens (tertiary/aromatic N) is 2. The molecular weight excluding hydrogens is 224 g/mol. The van der Waals surface area contributed by atoms with E-state index in [-0.39, 0.29) is 17.1 Å². The SMILES string of the molecule is Cc1ccc(/C=C/c2noc(C)c2[N+](=O)[O-])o1. The molecule has 2 aromatic heterocycles. The van der Waals surface area contributed by atoms with E-state index in [0.717, 1.165) is 5.76 Å². The summed E-state index contributed by atoms with van der Waals surface area (Å²) in [5.41, 5.74) is 0.0612. The summed E-state index contributed by atoms with van der Waals surface area (Å²) in [6.07, 6.45) is 3.10. The van der Waals surface area contributed by atoms with Gasteiger partial charge >= 0.3 is 5.69 Å². The van der Waals surface area contributed by atoms with Crippen LogP contribution >= 0.6 is 0 Å². The fraction of sp³-hybridized carbons (Fsp3) is 0.182. The highest BCUT2D eigenvalue weighted by Crippen LogP contribution is 2.24. The highest BCUT2D eigenvalue weighted by molar-refractivity contribution is 5.70. The molecule has 0 aromatic carbocycles. The number of nitro groups is 1. The van der Waals surface area contributed by atoms with E-state index in [2.05, 4.69) is 5.16 Å². The van der Waals surface area contributed by atoms with Gasteiger partial charge in [0.1, 0.15) is 11.5 Å². The van der Waals surface area contributed by atoms with Crippen molar-refractivity contribution in [2.24, 2.45) is 0 Å². The maximum Gasteiger partial charge on any atom is 0.338 e. The molecule has 0 amide bonds. The van der Waals surface area contributed by atoms with Crippen LogP contribution in [-0.4, -0.2) is 10.1 Å². The maximum absolute atomic E-state index is 10.8. The highest BCUT2D eigenvalue weighted by Gasteiger charge is 2.21. The molecular formula is C11H10N2O4. The molecule has 6 heteroatoms. The van der Waals surface area contributed by atoms with Crippen molar-refractivity contribution in [3.8, 4) is 0 Å². The molecule has 2 heterocycles. The van der Waals surface area contributed by atoms with Gasteiger partial charge in [-0.25, -0.2) is 0 Å². The van der Waals surface area contributed by atoms with E-state index in [9.17, 15) is 10.1 Å². The van der Waals surface area contributed by atoms with Crippen LogP contribution in [0.1, 0.15) is 23.0 Å². The van der Waals surface area contributed by atoms with E-state index in [4.69, 9.17) is 8.94 Å². The Balaban J connectivity index is 2.30. The Morgan fingerprint density at radius 1 is 1.35 bits per heavy atom. The number of hydrogen-bond acceptors (Lipinski definition) is 5. The minimum atomic E-state index is -0.515. The van der Waals surface area contributed by atoms with Crippen molar-refractivity contribution in [1.82, 2.24) is 5.16 Å². The molecule has 0 N–H and O–H groups in total. The topological polar surface area (TPSA) is 82.3 Å². The number of furan rings is 1. The lowest BCUT2D eigenvalue weighted by molar-refractivity contribution is -0.386. The van der Waals surface area contributed by atoms with Crippen LogP contribution in [0.25, 0.3) is 12.2 Å². The molecule has 0 fully saturated rings.